The quantitative estimate of drug-likeness (QED) is 0.536. The van der Waals surface area contributed by atoms with Gasteiger partial charge in [0.25, 0.3) is 11.5 Å². The van der Waals surface area contributed by atoms with Crippen molar-refractivity contribution in [3.8, 4) is 5.75 Å². The summed E-state index contributed by atoms with van der Waals surface area (Å²) < 4.78 is 10.5. The van der Waals surface area contributed by atoms with Crippen molar-refractivity contribution in [1.29, 1.82) is 0 Å². The van der Waals surface area contributed by atoms with Crippen molar-refractivity contribution in [2.45, 2.75) is 13.1 Å². The van der Waals surface area contributed by atoms with Gasteiger partial charge in [-0.2, -0.15) is 0 Å². The number of ether oxygens (including phenoxy) is 1. The fraction of sp³-hybridized carbons (Fsp3) is 0.143. The zero-order valence-corrected chi connectivity index (χ0v) is 16.0. The number of hydrogen-bond donors (Lipinski definition) is 1. The largest absolute Gasteiger partial charge is 0.497 e. The number of furan rings is 1. The lowest BCUT2D eigenvalue weighted by atomic mass is 10.1. The first-order valence-electron chi connectivity index (χ1n) is 8.69. The number of benzene rings is 1. The zero-order chi connectivity index (χ0) is 19.5. The number of H-pyrrole nitrogens is 1. The second kappa shape index (κ2) is 7.74. The SMILES string of the molecule is COc1ccc2[nH]c(=O)c(CN(Cc3cccs3)C(=O)c3ccco3)cc2c1. The van der Waals surface area contributed by atoms with Gasteiger partial charge in [0.15, 0.2) is 5.76 Å². The van der Waals surface area contributed by atoms with Crippen LogP contribution in [0.4, 0.5) is 0 Å². The van der Waals surface area contributed by atoms with Crippen LogP contribution in [0.2, 0.25) is 0 Å². The molecule has 0 aliphatic heterocycles. The number of aromatic amines is 1. The number of methoxy groups -OCH3 is 1. The van der Waals surface area contributed by atoms with Crippen molar-refractivity contribution in [3.63, 3.8) is 0 Å². The molecule has 142 valence electrons. The summed E-state index contributed by atoms with van der Waals surface area (Å²) in [6.07, 6.45) is 1.46. The Kier molecular flexibility index (Phi) is 4.99. The fourth-order valence-electron chi connectivity index (χ4n) is 3.03. The number of carbonyl (C=O) groups excluding carboxylic acids is 1. The molecule has 0 saturated carbocycles. The number of thiophene rings is 1. The van der Waals surface area contributed by atoms with Gasteiger partial charge in [0.2, 0.25) is 0 Å². The van der Waals surface area contributed by atoms with Gasteiger partial charge >= 0.3 is 0 Å². The summed E-state index contributed by atoms with van der Waals surface area (Å²) in [7, 11) is 1.60. The van der Waals surface area contributed by atoms with E-state index in [1.54, 1.807) is 53.7 Å². The summed E-state index contributed by atoms with van der Waals surface area (Å²) in [5.41, 5.74) is 0.995. The van der Waals surface area contributed by atoms with Crippen LogP contribution in [0.25, 0.3) is 10.9 Å². The lowest BCUT2D eigenvalue weighted by Gasteiger charge is -2.21. The topological polar surface area (TPSA) is 75.5 Å². The maximum Gasteiger partial charge on any atom is 0.290 e. The van der Waals surface area contributed by atoms with Gasteiger partial charge in [-0.3, -0.25) is 9.59 Å². The highest BCUT2D eigenvalue weighted by Gasteiger charge is 2.21. The van der Waals surface area contributed by atoms with Crippen molar-refractivity contribution in [2.75, 3.05) is 7.11 Å². The molecule has 1 N–H and O–H groups in total. The van der Waals surface area contributed by atoms with Crippen LogP contribution in [0.5, 0.6) is 5.75 Å². The molecule has 1 aromatic carbocycles. The summed E-state index contributed by atoms with van der Waals surface area (Å²) in [6.45, 7) is 0.562. The van der Waals surface area contributed by atoms with E-state index in [0.29, 0.717) is 17.9 Å². The van der Waals surface area contributed by atoms with Crippen molar-refractivity contribution in [2.24, 2.45) is 0 Å². The Balaban J connectivity index is 1.70. The minimum absolute atomic E-state index is 0.167. The monoisotopic (exact) mass is 394 g/mol. The third kappa shape index (κ3) is 3.70. The van der Waals surface area contributed by atoms with Crippen molar-refractivity contribution in [1.82, 2.24) is 9.88 Å². The van der Waals surface area contributed by atoms with Gasteiger partial charge in [-0.1, -0.05) is 6.07 Å². The first kappa shape index (κ1) is 18.1. The van der Waals surface area contributed by atoms with E-state index in [4.69, 9.17) is 9.15 Å². The summed E-state index contributed by atoms with van der Waals surface area (Å²) in [6, 6.07) is 14.4. The number of nitrogens with zero attached hydrogens (tertiary/aromatic N) is 1. The molecule has 0 unspecified atom stereocenters. The maximum absolute atomic E-state index is 12.9. The average Bonchev–Trinajstić information content (AvgIpc) is 3.41. The van der Waals surface area contributed by atoms with Crippen LogP contribution in [0.15, 0.2) is 69.4 Å². The van der Waals surface area contributed by atoms with Crippen LogP contribution >= 0.6 is 11.3 Å². The number of amides is 1. The predicted octanol–water partition coefficient (Wildman–Crippen LogP) is 4.03. The smallest absolute Gasteiger partial charge is 0.290 e. The highest BCUT2D eigenvalue weighted by Crippen LogP contribution is 2.21. The molecule has 0 radical (unpaired) electrons. The number of rotatable bonds is 6. The van der Waals surface area contributed by atoms with E-state index in [1.807, 2.05) is 23.6 Å². The molecule has 4 aromatic rings. The third-order valence-corrected chi connectivity index (χ3v) is 5.30. The standard InChI is InChI=1S/C21H18N2O4S/c1-26-16-6-7-18-14(11-16)10-15(20(24)22-18)12-23(13-17-4-3-9-28-17)21(25)19-5-2-8-27-19/h2-11H,12-13H2,1H3,(H,22,24). The van der Waals surface area contributed by atoms with Gasteiger partial charge < -0.3 is 19.0 Å². The molecule has 4 rings (SSSR count). The van der Waals surface area contributed by atoms with Gasteiger partial charge in [0.1, 0.15) is 5.75 Å². The van der Waals surface area contributed by atoms with Crippen molar-refractivity contribution in [3.05, 3.63) is 86.7 Å². The Morgan fingerprint density at radius 1 is 1.18 bits per heavy atom. The second-order valence-electron chi connectivity index (χ2n) is 6.29. The van der Waals surface area contributed by atoms with Crippen LogP contribution < -0.4 is 10.3 Å². The lowest BCUT2D eigenvalue weighted by molar-refractivity contribution is 0.0699. The van der Waals surface area contributed by atoms with Crippen molar-refractivity contribution < 1.29 is 13.9 Å². The second-order valence-corrected chi connectivity index (χ2v) is 7.33. The highest BCUT2D eigenvalue weighted by atomic mass is 32.1. The Hall–Kier alpha value is -3.32. The number of pyridine rings is 1. The highest BCUT2D eigenvalue weighted by molar-refractivity contribution is 7.09. The molecule has 0 atom stereocenters. The Labute approximate surface area is 165 Å². The molecular weight excluding hydrogens is 376 g/mol. The van der Waals surface area contributed by atoms with E-state index in [2.05, 4.69) is 4.98 Å². The number of carbonyl (C=O) groups is 1. The normalized spacial score (nSPS) is 10.9. The zero-order valence-electron chi connectivity index (χ0n) is 15.2. The summed E-state index contributed by atoms with van der Waals surface area (Å²) in [5.74, 6) is 0.687. The average molecular weight is 394 g/mol. The van der Waals surface area contributed by atoms with Gasteiger partial charge in [0.05, 0.1) is 26.5 Å². The van der Waals surface area contributed by atoms with E-state index in [0.717, 1.165) is 15.8 Å². The van der Waals surface area contributed by atoms with Crippen LogP contribution in [0.1, 0.15) is 21.0 Å². The summed E-state index contributed by atoms with van der Waals surface area (Å²) >= 11 is 1.56. The summed E-state index contributed by atoms with van der Waals surface area (Å²) in [5, 5.41) is 2.80. The molecule has 0 fully saturated rings. The molecule has 7 heteroatoms. The molecule has 3 aromatic heterocycles. The van der Waals surface area contributed by atoms with Crippen LogP contribution in [-0.2, 0) is 13.1 Å². The molecule has 28 heavy (non-hydrogen) atoms. The molecule has 0 aliphatic rings. The molecule has 1 amide bonds. The van der Waals surface area contributed by atoms with Crippen molar-refractivity contribution >= 4 is 28.1 Å². The van der Waals surface area contributed by atoms with E-state index in [1.165, 1.54) is 6.26 Å². The first-order chi connectivity index (χ1) is 13.6. The maximum atomic E-state index is 12.9. The number of fused-ring (bicyclic) bond motifs is 1. The van der Waals surface area contributed by atoms with Gasteiger partial charge in [-0.25, -0.2) is 0 Å². The van der Waals surface area contributed by atoms with Crippen LogP contribution in [-0.4, -0.2) is 22.9 Å². The minimum atomic E-state index is -0.261. The lowest BCUT2D eigenvalue weighted by Crippen LogP contribution is -2.32. The Morgan fingerprint density at radius 3 is 2.79 bits per heavy atom. The van der Waals surface area contributed by atoms with E-state index in [9.17, 15) is 9.59 Å². The molecule has 3 heterocycles. The predicted molar refractivity (Wildman–Crippen MR) is 108 cm³/mol. The number of aromatic nitrogens is 1. The number of hydrogen-bond acceptors (Lipinski definition) is 5. The van der Waals surface area contributed by atoms with Gasteiger partial charge in [-0.05, 0) is 47.8 Å². The Bertz CT molecular complexity index is 1150. The molecule has 0 bridgehead atoms. The minimum Gasteiger partial charge on any atom is -0.497 e. The van der Waals surface area contributed by atoms with Crippen LogP contribution in [0.3, 0.4) is 0 Å². The molecule has 6 nitrogen and oxygen atoms in total. The fourth-order valence-corrected chi connectivity index (χ4v) is 3.75. The molecule has 0 saturated heterocycles. The number of nitrogens with one attached hydrogen (secondary N) is 1. The van der Waals surface area contributed by atoms with Crippen LogP contribution in [0, 0.1) is 0 Å². The third-order valence-electron chi connectivity index (χ3n) is 4.44. The Morgan fingerprint density at radius 2 is 2.07 bits per heavy atom. The first-order valence-corrected chi connectivity index (χ1v) is 9.57. The van der Waals surface area contributed by atoms with E-state index >= 15 is 0 Å². The molecular formula is C21H18N2O4S. The summed E-state index contributed by atoms with van der Waals surface area (Å²) in [4.78, 5) is 31.0. The molecule has 0 aliphatic carbocycles. The van der Waals surface area contributed by atoms with E-state index < -0.39 is 0 Å². The van der Waals surface area contributed by atoms with Gasteiger partial charge in [0, 0.05) is 21.3 Å². The molecule has 0 spiro atoms. The van der Waals surface area contributed by atoms with Gasteiger partial charge in [-0.15, -0.1) is 11.3 Å². The van der Waals surface area contributed by atoms with E-state index in [-0.39, 0.29) is 23.8 Å².